The molecule has 8 heteroatoms. The Hall–Kier alpha value is -3.36. The van der Waals surface area contributed by atoms with Gasteiger partial charge in [0.25, 0.3) is 5.91 Å². The molecule has 2 amide bonds. The molecule has 4 N–H and O–H groups in total. The zero-order chi connectivity index (χ0) is 20.2. The predicted molar refractivity (Wildman–Crippen MR) is 107 cm³/mol. The summed E-state index contributed by atoms with van der Waals surface area (Å²) in [6.45, 7) is 0. The Kier molecular flexibility index (Phi) is 5.46. The standard InChI is InChI=1S/C21H22N4O4/c1-28-15-7-8-16-14(12-29-19(16)10-15)9-20(26)24-25-21(27)18-11-17(22-23-18)13-5-3-2-4-6-13/h2-8,10,12,17-18,22-23H,9,11H2,1H3,(H,24,26)(H,25,27). The van der Waals surface area contributed by atoms with Crippen LogP contribution < -0.4 is 26.4 Å². The molecule has 0 saturated carbocycles. The average molecular weight is 394 g/mol. The number of hydrazine groups is 2. The summed E-state index contributed by atoms with van der Waals surface area (Å²) in [6.07, 6.45) is 2.21. The average Bonchev–Trinajstić information content (AvgIpc) is 3.40. The van der Waals surface area contributed by atoms with E-state index in [0.717, 1.165) is 16.5 Å². The number of carbonyl (C=O) groups is 2. The highest BCUT2D eigenvalue weighted by Crippen LogP contribution is 2.26. The van der Waals surface area contributed by atoms with Gasteiger partial charge >= 0.3 is 0 Å². The van der Waals surface area contributed by atoms with Crippen molar-refractivity contribution in [2.45, 2.75) is 24.9 Å². The molecule has 2 atom stereocenters. The lowest BCUT2D eigenvalue weighted by atomic mass is 10.0. The van der Waals surface area contributed by atoms with Gasteiger partial charge in [0.1, 0.15) is 17.4 Å². The molecule has 0 bridgehead atoms. The van der Waals surface area contributed by atoms with E-state index in [2.05, 4.69) is 21.7 Å². The highest BCUT2D eigenvalue weighted by atomic mass is 16.5. The molecule has 3 aromatic rings. The van der Waals surface area contributed by atoms with Gasteiger partial charge in [0.15, 0.2) is 0 Å². The highest BCUT2D eigenvalue weighted by molar-refractivity contribution is 5.90. The minimum Gasteiger partial charge on any atom is -0.497 e. The molecule has 1 aliphatic rings. The first-order valence-electron chi connectivity index (χ1n) is 9.33. The normalized spacial score (nSPS) is 18.5. The SMILES string of the molecule is COc1ccc2c(CC(=O)NNC(=O)C3CC(c4ccccc4)NN3)coc2c1. The van der Waals surface area contributed by atoms with Crippen LogP contribution in [0.25, 0.3) is 11.0 Å². The zero-order valence-electron chi connectivity index (χ0n) is 15.9. The Bertz CT molecular complexity index is 1020. The van der Waals surface area contributed by atoms with E-state index in [4.69, 9.17) is 9.15 Å². The number of ether oxygens (including phenoxy) is 1. The van der Waals surface area contributed by atoms with Crippen molar-refractivity contribution in [3.8, 4) is 5.75 Å². The first-order valence-corrected chi connectivity index (χ1v) is 9.33. The molecule has 1 aliphatic heterocycles. The van der Waals surface area contributed by atoms with Crippen LogP contribution in [-0.4, -0.2) is 25.0 Å². The number of carbonyl (C=O) groups excluding carboxylic acids is 2. The molecule has 0 spiro atoms. The maximum atomic E-state index is 12.4. The van der Waals surface area contributed by atoms with Crippen molar-refractivity contribution in [3.05, 3.63) is 65.9 Å². The van der Waals surface area contributed by atoms with Crippen LogP contribution in [0, 0.1) is 0 Å². The number of rotatable bonds is 5. The van der Waals surface area contributed by atoms with Crippen LogP contribution in [0.15, 0.2) is 59.2 Å². The van der Waals surface area contributed by atoms with Crippen LogP contribution in [0.3, 0.4) is 0 Å². The summed E-state index contributed by atoms with van der Waals surface area (Å²) in [6, 6.07) is 14.9. The first-order chi connectivity index (χ1) is 14.1. The quantitative estimate of drug-likeness (QED) is 0.492. The molecule has 0 aliphatic carbocycles. The Morgan fingerprint density at radius 1 is 1.14 bits per heavy atom. The Morgan fingerprint density at radius 2 is 1.97 bits per heavy atom. The van der Waals surface area contributed by atoms with Gasteiger partial charge < -0.3 is 9.15 Å². The van der Waals surface area contributed by atoms with Crippen molar-refractivity contribution in [1.29, 1.82) is 0 Å². The maximum absolute atomic E-state index is 12.4. The van der Waals surface area contributed by atoms with Gasteiger partial charge in [-0.1, -0.05) is 30.3 Å². The largest absolute Gasteiger partial charge is 0.497 e. The summed E-state index contributed by atoms with van der Waals surface area (Å²) < 4.78 is 10.7. The Morgan fingerprint density at radius 3 is 2.76 bits per heavy atom. The molecule has 150 valence electrons. The van der Waals surface area contributed by atoms with E-state index in [1.54, 1.807) is 19.4 Å². The number of furan rings is 1. The van der Waals surface area contributed by atoms with Gasteiger partial charge in [0.05, 0.1) is 19.8 Å². The van der Waals surface area contributed by atoms with Crippen LogP contribution in [-0.2, 0) is 16.0 Å². The predicted octanol–water partition coefficient (Wildman–Crippen LogP) is 1.74. The second kappa shape index (κ2) is 8.34. The van der Waals surface area contributed by atoms with Crippen molar-refractivity contribution in [2.75, 3.05) is 7.11 Å². The minimum atomic E-state index is -0.442. The lowest BCUT2D eigenvalue weighted by Gasteiger charge is -2.11. The zero-order valence-corrected chi connectivity index (χ0v) is 15.9. The minimum absolute atomic E-state index is 0.0388. The van der Waals surface area contributed by atoms with Crippen LogP contribution in [0.2, 0.25) is 0 Å². The summed E-state index contributed by atoms with van der Waals surface area (Å²) in [5.74, 6) is 0.0510. The molecule has 8 nitrogen and oxygen atoms in total. The maximum Gasteiger partial charge on any atom is 0.256 e. The first kappa shape index (κ1) is 19.0. The molecule has 2 unspecified atom stereocenters. The smallest absolute Gasteiger partial charge is 0.256 e. The van der Waals surface area contributed by atoms with Crippen LogP contribution in [0.1, 0.15) is 23.6 Å². The Balaban J connectivity index is 1.29. The third kappa shape index (κ3) is 4.23. The molecule has 2 heterocycles. The number of benzene rings is 2. The summed E-state index contributed by atoms with van der Waals surface area (Å²) in [5.41, 5.74) is 13.5. The third-order valence-electron chi connectivity index (χ3n) is 4.96. The Labute approximate surface area is 167 Å². The lowest BCUT2D eigenvalue weighted by Crippen LogP contribution is -2.50. The fourth-order valence-electron chi connectivity index (χ4n) is 3.40. The van der Waals surface area contributed by atoms with E-state index in [9.17, 15) is 9.59 Å². The topological polar surface area (TPSA) is 105 Å². The van der Waals surface area contributed by atoms with Crippen LogP contribution >= 0.6 is 0 Å². The monoisotopic (exact) mass is 394 g/mol. The van der Waals surface area contributed by atoms with Gasteiger partial charge in [-0.3, -0.25) is 20.4 Å². The van der Waals surface area contributed by atoms with Crippen LogP contribution in [0.5, 0.6) is 5.75 Å². The second-order valence-corrected chi connectivity index (χ2v) is 6.88. The summed E-state index contributed by atoms with van der Waals surface area (Å²) in [5, 5.41) is 0.833. The van der Waals surface area contributed by atoms with Gasteiger partial charge in [0, 0.05) is 23.1 Å². The highest BCUT2D eigenvalue weighted by Gasteiger charge is 2.30. The molecule has 0 radical (unpaired) electrons. The number of methoxy groups -OCH3 is 1. The number of fused-ring (bicyclic) bond motifs is 1. The van der Waals surface area contributed by atoms with E-state index in [1.807, 2.05) is 42.5 Å². The van der Waals surface area contributed by atoms with Gasteiger partial charge in [0.2, 0.25) is 5.91 Å². The summed E-state index contributed by atoms with van der Waals surface area (Å²) in [4.78, 5) is 24.6. The van der Waals surface area contributed by atoms with Gasteiger partial charge in [-0.15, -0.1) is 0 Å². The van der Waals surface area contributed by atoms with E-state index in [0.29, 0.717) is 17.8 Å². The molecule has 2 aromatic carbocycles. The van der Waals surface area contributed by atoms with Gasteiger partial charge in [-0.25, -0.2) is 10.9 Å². The van der Waals surface area contributed by atoms with Crippen molar-refractivity contribution < 1.29 is 18.7 Å². The number of amides is 2. The third-order valence-corrected chi connectivity index (χ3v) is 4.96. The summed E-state index contributed by atoms with van der Waals surface area (Å²) in [7, 11) is 1.58. The van der Waals surface area contributed by atoms with Crippen LogP contribution in [0.4, 0.5) is 0 Å². The second-order valence-electron chi connectivity index (χ2n) is 6.88. The van der Waals surface area contributed by atoms with E-state index in [-0.39, 0.29) is 24.3 Å². The molecule has 1 aromatic heterocycles. The molecule has 1 saturated heterocycles. The fraction of sp³-hybridized carbons (Fsp3) is 0.238. The van der Waals surface area contributed by atoms with Gasteiger partial charge in [-0.2, -0.15) is 0 Å². The number of nitrogens with one attached hydrogen (secondary N) is 4. The number of hydrogen-bond donors (Lipinski definition) is 4. The molecule has 1 fully saturated rings. The number of hydrogen-bond acceptors (Lipinski definition) is 6. The van der Waals surface area contributed by atoms with Crippen molar-refractivity contribution >= 4 is 22.8 Å². The summed E-state index contributed by atoms with van der Waals surface area (Å²) >= 11 is 0. The van der Waals surface area contributed by atoms with Crippen molar-refractivity contribution in [1.82, 2.24) is 21.7 Å². The lowest BCUT2D eigenvalue weighted by molar-refractivity contribution is -0.129. The van der Waals surface area contributed by atoms with Gasteiger partial charge in [-0.05, 0) is 24.1 Å². The molecular formula is C21H22N4O4. The van der Waals surface area contributed by atoms with Crippen molar-refractivity contribution in [2.24, 2.45) is 0 Å². The van der Waals surface area contributed by atoms with Crippen molar-refractivity contribution in [3.63, 3.8) is 0 Å². The molecular weight excluding hydrogens is 372 g/mol. The molecule has 4 rings (SSSR count). The van der Waals surface area contributed by atoms with E-state index < -0.39 is 6.04 Å². The van der Waals surface area contributed by atoms with E-state index >= 15 is 0 Å². The molecule has 29 heavy (non-hydrogen) atoms. The fourth-order valence-corrected chi connectivity index (χ4v) is 3.40. The van der Waals surface area contributed by atoms with E-state index in [1.165, 1.54) is 0 Å².